The van der Waals surface area contributed by atoms with E-state index in [1.807, 2.05) is 37.4 Å². The zero-order valence-electron chi connectivity index (χ0n) is 14.0. The van der Waals surface area contributed by atoms with Gasteiger partial charge in [-0.1, -0.05) is 30.3 Å². The first-order valence-electron chi connectivity index (χ1n) is 7.87. The van der Waals surface area contributed by atoms with Gasteiger partial charge < -0.3 is 10.2 Å². The van der Waals surface area contributed by atoms with Crippen LogP contribution in [0.5, 0.6) is 0 Å². The summed E-state index contributed by atoms with van der Waals surface area (Å²) >= 11 is 1.72. The molecule has 1 heterocycles. The largest absolute Gasteiger partial charge is 0.334 e. The molecule has 0 unspecified atom stereocenters. The van der Waals surface area contributed by atoms with E-state index in [1.165, 1.54) is 10.4 Å². The summed E-state index contributed by atoms with van der Waals surface area (Å²) in [6, 6.07) is 11.2. The normalized spacial score (nSPS) is 10.6. The lowest BCUT2D eigenvalue weighted by Gasteiger charge is -2.16. The van der Waals surface area contributed by atoms with Crippen molar-refractivity contribution >= 4 is 23.3 Å². The number of nitrogens with zero attached hydrogens (tertiary/aromatic N) is 1. The molecule has 0 radical (unpaired) electrons. The van der Waals surface area contributed by atoms with Gasteiger partial charge in [-0.15, -0.1) is 11.3 Å². The van der Waals surface area contributed by atoms with Crippen molar-refractivity contribution in [2.24, 2.45) is 0 Å². The number of rotatable bonds is 7. The summed E-state index contributed by atoms with van der Waals surface area (Å²) in [4.78, 5) is 26.9. The Kier molecular flexibility index (Phi) is 6.96. The highest BCUT2D eigenvalue weighted by Gasteiger charge is 2.10. The quantitative estimate of drug-likeness (QED) is 0.811. The van der Waals surface area contributed by atoms with Crippen LogP contribution in [-0.2, 0) is 17.9 Å². The van der Waals surface area contributed by atoms with Crippen molar-refractivity contribution in [2.75, 3.05) is 13.6 Å². The van der Waals surface area contributed by atoms with E-state index in [-0.39, 0.29) is 5.91 Å². The summed E-state index contributed by atoms with van der Waals surface area (Å²) in [5, 5.41) is 7.11. The van der Waals surface area contributed by atoms with E-state index in [0.29, 0.717) is 19.5 Å². The van der Waals surface area contributed by atoms with Crippen LogP contribution >= 0.6 is 11.3 Å². The topological polar surface area (TPSA) is 61.4 Å². The smallest absolute Gasteiger partial charge is 0.321 e. The first-order chi connectivity index (χ1) is 11.5. The summed E-state index contributed by atoms with van der Waals surface area (Å²) in [6.07, 6.45) is 0.291. The number of hydrogen-bond acceptors (Lipinski definition) is 4. The number of imide groups is 1. The zero-order chi connectivity index (χ0) is 17.4. The Morgan fingerprint density at radius 3 is 2.58 bits per heavy atom. The van der Waals surface area contributed by atoms with Crippen molar-refractivity contribution in [3.8, 4) is 0 Å². The third-order valence-corrected chi connectivity index (χ3v) is 4.66. The van der Waals surface area contributed by atoms with E-state index >= 15 is 0 Å². The molecule has 0 aliphatic rings. The highest BCUT2D eigenvalue weighted by atomic mass is 32.1. The van der Waals surface area contributed by atoms with Gasteiger partial charge in [0.2, 0.25) is 5.91 Å². The van der Waals surface area contributed by atoms with Gasteiger partial charge in [0, 0.05) is 30.9 Å². The van der Waals surface area contributed by atoms with Crippen LogP contribution in [0.1, 0.15) is 22.4 Å². The highest BCUT2D eigenvalue weighted by molar-refractivity contribution is 7.10. The molecule has 0 saturated carbocycles. The predicted octanol–water partition coefficient (Wildman–Crippen LogP) is 2.90. The molecule has 128 valence electrons. The van der Waals surface area contributed by atoms with E-state index in [1.54, 1.807) is 11.3 Å². The fourth-order valence-corrected chi connectivity index (χ4v) is 3.18. The summed E-state index contributed by atoms with van der Waals surface area (Å²) < 4.78 is 0. The molecule has 1 aromatic heterocycles. The fourth-order valence-electron chi connectivity index (χ4n) is 2.19. The Hall–Kier alpha value is -2.18. The van der Waals surface area contributed by atoms with E-state index < -0.39 is 6.03 Å². The lowest BCUT2D eigenvalue weighted by Crippen LogP contribution is -2.40. The number of amides is 3. The van der Waals surface area contributed by atoms with Crippen molar-refractivity contribution in [3.05, 3.63) is 57.8 Å². The Balaban J connectivity index is 1.65. The van der Waals surface area contributed by atoms with E-state index in [9.17, 15) is 9.59 Å². The van der Waals surface area contributed by atoms with Crippen molar-refractivity contribution < 1.29 is 9.59 Å². The van der Waals surface area contributed by atoms with Crippen LogP contribution < -0.4 is 10.6 Å². The lowest BCUT2D eigenvalue weighted by molar-refractivity contribution is -0.120. The lowest BCUT2D eigenvalue weighted by atomic mass is 10.2. The molecule has 0 aliphatic carbocycles. The number of aryl methyl sites for hydroxylation is 1. The molecule has 2 aromatic rings. The van der Waals surface area contributed by atoms with E-state index in [0.717, 1.165) is 12.1 Å². The number of nitrogens with one attached hydrogen (secondary N) is 2. The van der Waals surface area contributed by atoms with Crippen LogP contribution in [0.3, 0.4) is 0 Å². The first-order valence-corrected chi connectivity index (χ1v) is 8.75. The second-order valence-corrected chi connectivity index (χ2v) is 6.73. The average molecular weight is 345 g/mol. The number of urea groups is 1. The minimum Gasteiger partial charge on any atom is -0.334 e. The van der Waals surface area contributed by atoms with Crippen molar-refractivity contribution in [3.63, 3.8) is 0 Å². The molecule has 0 aliphatic heterocycles. The highest BCUT2D eigenvalue weighted by Crippen LogP contribution is 2.17. The third-order valence-electron chi connectivity index (χ3n) is 3.65. The van der Waals surface area contributed by atoms with E-state index in [2.05, 4.69) is 33.9 Å². The van der Waals surface area contributed by atoms with Crippen molar-refractivity contribution in [1.82, 2.24) is 15.5 Å². The molecule has 0 saturated heterocycles. The summed E-state index contributed by atoms with van der Waals surface area (Å²) in [7, 11) is 1.97. The number of carbonyl (C=O) groups is 2. The summed E-state index contributed by atoms with van der Waals surface area (Å²) in [5.74, 6) is -0.268. The molecular formula is C18H23N3O2S. The maximum Gasteiger partial charge on any atom is 0.321 e. The van der Waals surface area contributed by atoms with Gasteiger partial charge in [-0.25, -0.2) is 4.79 Å². The van der Waals surface area contributed by atoms with Gasteiger partial charge in [-0.2, -0.15) is 0 Å². The molecule has 2 rings (SSSR count). The van der Waals surface area contributed by atoms with Gasteiger partial charge in [-0.05, 0) is 36.5 Å². The first kappa shape index (κ1) is 18.2. The zero-order valence-corrected chi connectivity index (χ0v) is 14.9. The van der Waals surface area contributed by atoms with Gasteiger partial charge in [0.15, 0.2) is 0 Å². The van der Waals surface area contributed by atoms with Crippen LogP contribution in [0.2, 0.25) is 0 Å². The molecule has 0 atom stereocenters. The van der Waals surface area contributed by atoms with Gasteiger partial charge in [0.25, 0.3) is 0 Å². The molecule has 0 bridgehead atoms. The van der Waals surface area contributed by atoms with Crippen LogP contribution in [0.4, 0.5) is 4.79 Å². The maximum absolute atomic E-state index is 11.8. The standard InChI is InChI=1S/C18H23N3O2S/c1-14-9-11-24-16(14)13-21(2)10-8-17(22)20-18(23)19-12-15-6-4-3-5-7-15/h3-7,9,11H,8,10,12-13H2,1-2H3,(H2,19,20,22,23). The Labute approximate surface area is 146 Å². The number of benzene rings is 1. The molecule has 1 aromatic carbocycles. The SMILES string of the molecule is Cc1ccsc1CN(C)CCC(=O)NC(=O)NCc1ccccc1. The molecule has 2 N–H and O–H groups in total. The van der Waals surface area contributed by atoms with Crippen molar-refractivity contribution in [2.45, 2.75) is 26.4 Å². The molecule has 0 spiro atoms. The Morgan fingerprint density at radius 2 is 1.92 bits per heavy atom. The van der Waals surface area contributed by atoms with Crippen LogP contribution in [-0.4, -0.2) is 30.4 Å². The van der Waals surface area contributed by atoms with Crippen LogP contribution in [0, 0.1) is 6.92 Å². The second-order valence-electron chi connectivity index (χ2n) is 5.73. The molecule has 5 nitrogen and oxygen atoms in total. The Bertz CT molecular complexity index is 670. The third kappa shape index (κ3) is 6.14. The molecule has 6 heteroatoms. The number of carbonyl (C=O) groups excluding carboxylic acids is 2. The Morgan fingerprint density at radius 1 is 1.17 bits per heavy atom. The van der Waals surface area contributed by atoms with Gasteiger partial charge in [0.05, 0.1) is 0 Å². The maximum atomic E-state index is 11.8. The van der Waals surface area contributed by atoms with Gasteiger partial charge in [0.1, 0.15) is 0 Å². The van der Waals surface area contributed by atoms with Crippen LogP contribution in [0.15, 0.2) is 41.8 Å². The molecule has 24 heavy (non-hydrogen) atoms. The van der Waals surface area contributed by atoms with Gasteiger partial charge in [-0.3, -0.25) is 10.1 Å². The van der Waals surface area contributed by atoms with Crippen molar-refractivity contribution in [1.29, 1.82) is 0 Å². The molecular weight excluding hydrogens is 322 g/mol. The average Bonchev–Trinajstić information content (AvgIpc) is 2.97. The van der Waals surface area contributed by atoms with Gasteiger partial charge >= 0.3 is 6.03 Å². The van der Waals surface area contributed by atoms with Crippen LogP contribution in [0.25, 0.3) is 0 Å². The fraction of sp³-hybridized carbons (Fsp3) is 0.333. The second kappa shape index (κ2) is 9.20. The number of hydrogen-bond donors (Lipinski definition) is 2. The number of thiophene rings is 1. The summed E-state index contributed by atoms with van der Waals surface area (Å²) in [6.45, 7) is 3.91. The minimum absolute atomic E-state index is 0.268. The molecule has 0 fully saturated rings. The minimum atomic E-state index is -0.458. The molecule has 3 amide bonds. The van der Waals surface area contributed by atoms with E-state index in [4.69, 9.17) is 0 Å². The summed E-state index contributed by atoms with van der Waals surface area (Å²) in [5.41, 5.74) is 2.27. The monoisotopic (exact) mass is 345 g/mol. The predicted molar refractivity (Wildman–Crippen MR) is 96.8 cm³/mol.